The second kappa shape index (κ2) is 13.2. The number of carboxylic acids is 1. The number of urea groups is 1. The van der Waals surface area contributed by atoms with Gasteiger partial charge in [0.25, 0.3) is 5.91 Å². The average Bonchev–Trinajstić information content (AvgIpc) is 3.44. The van der Waals surface area contributed by atoms with E-state index < -0.39 is 36.5 Å². The molecule has 0 saturated heterocycles. The van der Waals surface area contributed by atoms with E-state index in [1.807, 2.05) is 0 Å². The highest BCUT2D eigenvalue weighted by Gasteiger charge is 2.32. The summed E-state index contributed by atoms with van der Waals surface area (Å²) in [6.07, 6.45) is 1.29. The molecule has 13 nitrogen and oxygen atoms in total. The molecule has 0 radical (unpaired) electrons. The molecule has 1 aliphatic rings. The van der Waals surface area contributed by atoms with Gasteiger partial charge in [0, 0.05) is 11.3 Å². The number of furan rings is 1. The van der Waals surface area contributed by atoms with Crippen molar-refractivity contribution in [1.29, 1.82) is 0 Å². The zero-order chi connectivity index (χ0) is 30.2. The first-order chi connectivity index (χ1) is 20.2. The van der Waals surface area contributed by atoms with Crippen LogP contribution >= 0.6 is 0 Å². The highest BCUT2D eigenvalue weighted by Crippen LogP contribution is 2.34. The Morgan fingerprint density at radius 3 is 2.67 bits per heavy atom. The fourth-order valence-electron chi connectivity index (χ4n) is 4.13. The summed E-state index contributed by atoms with van der Waals surface area (Å²) in [7, 11) is 1.42. The fourth-order valence-corrected chi connectivity index (χ4v) is 4.13. The van der Waals surface area contributed by atoms with Gasteiger partial charge in [-0.2, -0.15) is 5.10 Å². The summed E-state index contributed by atoms with van der Waals surface area (Å²) in [5.74, 6) is -0.885. The number of ether oxygens (including phenoxy) is 3. The highest BCUT2D eigenvalue weighted by atomic mass is 16.5. The molecule has 1 atom stereocenters. The molecule has 1 aromatic heterocycles. The summed E-state index contributed by atoms with van der Waals surface area (Å²) in [6.45, 7) is 3.07. The van der Waals surface area contributed by atoms with Gasteiger partial charge in [-0.15, -0.1) is 0 Å². The summed E-state index contributed by atoms with van der Waals surface area (Å²) >= 11 is 0. The number of esters is 1. The van der Waals surface area contributed by atoms with Crippen LogP contribution in [0.5, 0.6) is 11.5 Å². The molecule has 0 spiro atoms. The van der Waals surface area contributed by atoms with E-state index in [1.54, 1.807) is 56.3 Å². The first-order valence-corrected chi connectivity index (χ1v) is 12.7. The molecule has 0 bridgehead atoms. The zero-order valence-corrected chi connectivity index (χ0v) is 22.9. The van der Waals surface area contributed by atoms with E-state index in [-0.39, 0.29) is 29.2 Å². The third-order valence-electron chi connectivity index (χ3n) is 6.05. The lowest BCUT2D eigenvalue weighted by Crippen LogP contribution is -2.45. The predicted octanol–water partition coefficient (Wildman–Crippen LogP) is 3.37. The maximum atomic E-state index is 12.6. The van der Waals surface area contributed by atoms with Crippen LogP contribution in [0.15, 0.2) is 75.4 Å². The van der Waals surface area contributed by atoms with Crippen molar-refractivity contribution in [3.8, 4) is 22.8 Å². The third-order valence-corrected chi connectivity index (χ3v) is 6.05. The predicted molar refractivity (Wildman–Crippen MR) is 149 cm³/mol. The molecule has 0 unspecified atom stereocenters. The first kappa shape index (κ1) is 29.4. The maximum absolute atomic E-state index is 12.6. The smallest absolute Gasteiger partial charge is 0.338 e. The number of allylic oxidation sites excluding steroid dienone is 1. The number of nitrogens with zero attached hydrogens (tertiary/aromatic N) is 1. The largest absolute Gasteiger partial charge is 0.493 e. The molecule has 4 N–H and O–H groups in total. The Morgan fingerprint density at radius 2 is 1.93 bits per heavy atom. The minimum absolute atomic E-state index is 0.129. The number of amides is 3. The van der Waals surface area contributed by atoms with Crippen LogP contribution in [0.25, 0.3) is 11.3 Å². The van der Waals surface area contributed by atoms with Gasteiger partial charge < -0.3 is 34.4 Å². The Balaban J connectivity index is 1.37. The van der Waals surface area contributed by atoms with Crippen molar-refractivity contribution >= 4 is 30.1 Å². The molecule has 2 heterocycles. The fraction of sp³-hybridized carbons (Fsp3) is 0.207. The summed E-state index contributed by atoms with van der Waals surface area (Å²) in [6, 6.07) is 13.1. The highest BCUT2D eigenvalue weighted by molar-refractivity contribution is 5.95. The molecule has 0 fully saturated rings. The lowest BCUT2D eigenvalue weighted by molar-refractivity contribution is -0.139. The number of aromatic carboxylic acids is 1. The second-order valence-corrected chi connectivity index (χ2v) is 8.87. The van der Waals surface area contributed by atoms with Gasteiger partial charge in [0.05, 0.1) is 37.1 Å². The van der Waals surface area contributed by atoms with Gasteiger partial charge >= 0.3 is 18.0 Å². The second-order valence-electron chi connectivity index (χ2n) is 8.87. The molecule has 3 aromatic rings. The van der Waals surface area contributed by atoms with E-state index in [0.717, 1.165) is 0 Å². The molecule has 218 valence electrons. The van der Waals surface area contributed by atoms with Crippen LogP contribution in [0.2, 0.25) is 0 Å². The SMILES string of the molecule is CCOC(=O)C1=C(C)NC(=O)N[C@@H]1c1ccc(OCC(=O)N/N=C\c2ccc(-c3cccc(C(=O)O)c3)o2)c(OC)c1. The van der Waals surface area contributed by atoms with Crippen molar-refractivity contribution in [2.75, 3.05) is 20.3 Å². The molecule has 1 aliphatic heterocycles. The van der Waals surface area contributed by atoms with Crippen LogP contribution < -0.4 is 25.5 Å². The number of carbonyl (C=O) groups excluding carboxylic acids is 3. The summed E-state index contributed by atoms with van der Waals surface area (Å²) < 4.78 is 21.8. The lowest BCUT2D eigenvalue weighted by Gasteiger charge is -2.28. The van der Waals surface area contributed by atoms with Gasteiger partial charge in [-0.1, -0.05) is 18.2 Å². The number of benzene rings is 2. The normalized spacial score (nSPS) is 14.6. The van der Waals surface area contributed by atoms with Crippen molar-refractivity contribution < 1.29 is 42.9 Å². The topological polar surface area (TPSA) is 178 Å². The minimum Gasteiger partial charge on any atom is -0.493 e. The Labute approximate surface area is 240 Å². The summed E-state index contributed by atoms with van der Waals surface area (Å²) in [4.78, 5) is 48.2. The standard InChI is InChI=1S/C29H28N4O9/c1-4-40-28(37)25-16(2)31-29(38)32-26(25)18-8-10-22(23(13-18)39-3)41-15-24(34)33-30-14-20-9-11-21(42-20)17-6-5-7-19(12-17)27(35)36/h5-14,26H,4,15H2,1-3H3,(H,33,34)(H,35,36)(H2,31,32,38)/b30-14-/t26-/m1/s1. The van der Waals surface area contributed by atoms with E-state index in [1.165, 1.54) is 25.5 Å². The van der Waals surface area contributed by atoms with E-state index in [0.29, 0.717) is 28.3 Å². The number of hydrogen-bond donors (Lipinski definition) is 4. The first-order valence-electron chi connectivity index (χ1n) is 12.7. The number of nitrogens with one attached hydrogen (secondary N) is 3. The van der Waals surface area contributed by atoms with Crippen molar-refractivity contribution in [2.45, 2.75) is 19.9 Å². The molecular weight excluding hydrogens is 548 g/mol. The number of hydrazone groups is 1. The quantitative estimate of drug-likeness (QED) is 0.151. The Kier molecular flexibility index (Phi) is 9.22. The van der Waals surface area contributed by atoms with Crippen molar-refractivity contribution in [3.63, 3.8) is 0 Å². The molecule has 4 rings (SSSR count). The Bertz CT molecular complexity index is 1570. The van der Waals surface area contributed by atoms with Gasteiger partial charge in [-0.25, -0.2) is 19.8 Å². The van der Waals surface area contributed by atoms with E-state index in [2.05, 4.69) is 21.2 Å². The van der Waals surface area contributed by atoms with Crippen LogP contribution in [0, 0.1) is 0 Å². The summed E-state index contributed by atoms with van der Waals surface area (Å²) in [5, 5.41) is 18.3. The summed E-state index contributed by atoms with van der Waals surface area (Å²) in [5.41, 5.74) is 4.20. The van der Waals surface area contributed by atoms with Gasteiger partial charge in [-0.3, -0.25) is 4.79 Å². The molecule has 42 heavy (non-hydrogen) atoms. The number of hydrogen-bond acceptors (Lipinski definition) is 9. The van der Waals surface area contributed by atoms with Crippen molar-refractivity contribution in [3.05, 3.63) is 82.8 Å². The average molecular weight is 577 g/mol. The molecule has 2 aromatic carbocycles. The number of methoxy groups -OCH3 is 1. The van der Waals surface area contributed by atoms with Gasteiger partial charge in [0.2, 0.25) is 0 Å². The van der Waals surface area contributed by atoms with Crippen molar-refractivity contribution in [2.24, 2.45) is 5.10 Å². The minimum atomic E-state index is -1.05. The molecule has 13 heteroatoms. The molecule has 3 amide bonds. The number of carboxylic acid groups (broad SMARTS) is 1. The Morgan fingerprint density at radius 1 is 1.12 bits per heavy atom. The number of rotatable bonds is 11. The van der Waals surface area contributed by atoms with Gasteiger partial charge in [0.1, 0.15) is 11.5 Å². The van der Waals surface area contributed by atoms with Crippen LogP contribution in [-0.4, -0.2) is 55.5 Å². The molecular formula is C29H28N4O9. The molecule has 0 aliphatic carbocycles. The van der Waals surface area contributed by atoms with Crippen LogP contribution in [0.3, 0.4) is 0 Å². The van der Waals surface area contributed by atoms with Crippen LogP contribution in [0.4, 0.5) is 4.79 Å². The number of carbonyl (C=O) groups is 4. The van der Waals surface area contributed by atoms with E-state index in [9.17, 15) is 19.2 Å². The monoisotopic (exact) mass is 576 g/mol. The maximum Gasteiger partial charge on any atom is 0.338 e. The molecule has 0 saturated carbocycles. The Hall–Kier alpha value is -5.59. The lowest BCUT2D eigenvalue weighted by atomic mass is 9.95. The van der Waals surface area contributed by atoms with Crippen LogP contribution in [-0.2, 0) is 14.3 Å². The third kappa shape index (κ3) is 6.94. The van der Waals surface area contributed by atoms with Gasteiger partial charge in [0.15, 0.2) is 18.1 Å². The van der Waals surface area contributed by atoms with E-state index in [4.69, 9.17) is 23.7 Å². The van der Waals surface area contributed by atoms with Gasteiger partial charge in [-0.05, 0) is 55.8 Å². The van der Waals surface area contributed by atoms with E-state index >= 15 is 0 Å². The van der Waals surface area contributed by atoms with Crippen molar-refractivity contribution in [1.82, 2.24) is 16.1 Å². The van der Waals surface area contributed by atoms with Crippen LogP contribution in [0.1, 0.15) is 41.6 Å². The zero-order valence-electron chi connectivity index (χ0n) is 22.9.